The molecule has 0 saturated carbocycles. The van der Waals surface area contributed by atoms with E-state index < -0.39 is 10.0 Å². The van der Waals surface area contributed by atoms with Crippen LogP contribution in [0.4, 0.5) is 0 Å². The topological polar surface area (TPSA) is 86.5 Å². The molecule has 1 fully saturated rings. The van der Waals surface area contributed by atoms with Crippen LogP contribution in [0.3, 0.4) is 0 Å². The lowest BCUT2D eigenvalue weighted by Crippen LogP contribution is -2.43. The van der Waals surface area contributed by atoms with Crippen molar-refractivity contribution in [3.05, 3.63) is 59.2 Å². The quantitative estimate of drug-likeness (QED) is 0.359. The van der Waals surface area contributed by atoms with E-state index in [-0.39, 0.29) is 4.90 Å². The van der Waals surface area contributed by atoms with Crippen molar-refractivity contribution in [1.29, 1.82) is 0 Å². The van der Waals surface area contributed by atoms with Crippen molar-refractivity contribution < 1.29 is 13.2 Å². The first-order valence-corrected chi connectivity index (χ1v) is 13.3. The van der Waals surface area contributed by atoms with Gasteiger partial charge < -0.3 is 19.9 Å². The van der Waals surface area contributed by atoms with Crippen LogP contribution in [0.1, 0.15) is 18.4 Å². The summed E-state index contributed by atoms with van der Waals surface area (Å²) in [6, 6.07) is 12.4. The minimum Gasteiger partial charge on any atom is -0.494 e. The van der Waals surface area contributed by atoms with Crippen LogP contribution in [0, 0.1) is 0 Å². The Morgan fingerprint density at radius 3 is 2.79 bits per heavy atom. The predicted molar refractivity (Wildman–Crippen MR) is 133 cm³/mol. The van der Waals surface area contributed by atoms with Crippen molar-refractivity contribution in [2.45, 2.75) is 24.2 Å². The highest BCUT2D eigenvalue weighted by Gasteiger charge is 2.15. The molecule has 0 spiro atoms. The molecule has 178 valence electrons. The van der Waals surface area contributed by atoms with E-state index in [4.69, 9.17) is 16.3 Å². The van der Waals surface area contributed by atoms with E-state index in [0.717, 1.165) is 62.0 Å². The number of nitrogens with one attached hydrogen (secondary N) is 3. The summed E-state index contributed by atoms with van der Waals surface area (Å²) in [7, 11) is -3.59. The molecular weight excluding hydrogens is 460 g/mol. The fourth-order valence-electron chi connectivity index (χ4n) is 4.07. The number of piperazine rings is 1. The summed E-state index contributed by atoms with van der Waals surface area (Å²) >= 11 is 6.10. The van der Waals surface area contributed by atoms with E-state index in [1.54, 1.807) is 24.3 Å². The first kappa shape index (κ1) is 24.0. The van der Waals surface area contributed by atoms with Crippen LogP contribution < -0.4 is 14.8 Å². The Balaban J connectivity index is 1.24. The molecule has 0 radical (unpaired) electrons. The van der Waals surface area contributed by atoms with Gasteiger partial charge in [-0.25, -0.2) is 13.1 Å². The first-order chi connectivity index (χ1) is 16.0. The number of sulfonamides is 1. The fourth-order valence-corrected chi connectivity index (χ4v) is 5.35. The summed E-state index contributed by atoms with van der Waals surface area (Å²) < 4.78 is 34.0. The molecule has 1 aromatic heterocycles. The van der Waals surface area contributed by atoms with Crippen LogP contribution in [0.15, 0.2) is 53.6 Å². The Labute approximate surface area is 200 Å². The molecule has 1 aliphatic rings. The third-order valence-corrected chi connectivity index (χ3v) is 7.55. The summed E-state index contributed by atoms with van der Waals surface area (Å²) in [6.07, 6.45) is 4.30. The average Bonchev–Trinajstić information content (AvgIpc) is 3.22. The summed E-state index contributed by atoms with van der Waals surface area (Å²) in [5.41, 5.74) is 2.16. The van der Waals surface area contributed by atoms with Crippen molar-refractivity contribution in [3.63, 3.8) is 0 Å². The number of fused-ring (bicyclic) bond motifs is 1. The van der Waals surface area contributed by atoms with Crippen LogP contribution in [-0.2, 0) is 16.4 Å². The van der Waals surface area contributed by atoms with Crippen LogP contribution in [0.25, 0.3) is 10.9 Å². The van der Waals surface area contributed by atoms with Gasteiger partial charge in [0.25, 0.3) is 0 Å². The normalized spacial score (nSPS) is 15.2. The Hall–Kier alpha value is -2.10. The highest BCUT2D eigenvalue weighted by molar-refractivity contribution is 7.89. The Kier molecular flexibility index (Phi) is 8.27. The molecule has 0 aliphatic carbocycles. The zero-order valence-corrected chi connectivity index (χ0v) is 20.2. The smallest absolute Gasteiger partial charge is 0.240 e. The molecule has 0 unspecified atom stereocenters. The van der Waals surface area contributed by atoms with E-state index in [0.29, 0.717) is 30.3 Å². The molecule has 0 bridgehead atoms. The van der Waals surface area contributed by atoms with Crippen molar-refractivity contribution in [2.75, 3.05) is 45.9 Å². The number of hydrogen-bond acceptors (Lipinski definition) is 5. The molecule has 1 saturated heterocycles. The van der Waals surface area contributed by atoms with Gasteiger partial charge >= 0.3 is 0 Å². The molecule has 9 heteroatoms. The number of nitrogens with zero attached hydrogens (tertiary/aromatic N) is 1. The zero-order valence-electron chi connectivity index (χ0n) is 18.6. The maximum atomic E-state index is 12.7. The average molecular weight is 491 g/mol. The van der Waals surface area contributed by atoms with E-state index in [1.807, 2.05) is 24.4 Å². The van der Waals surface area contributed by atoms with Crippen molar-refractivity contribution in [3.8, 4) is 5.75 Å². The summed E-state index contributed by atoms with van der Waals surface area (Å²) in [5, 5.41) is 5.11. The maximum Gasteiger partial charge on any atom is 0.240 e. The second-order valence-electron chi connectivity index (χ2n) is 8.27. The lowest BCUT2D eigenvalue weighted by molar-refractivity contribution is 0.214. The minimum atomic E-state index is -3.59. The first-order valence-electron chi connectivity index (χ1n) is 11.4. The number of halogens is 1. The zero-order chi connectivity index (χ0) is 23.1. The number of aryl methyl sites for hydroxylation is 1. The van der Waals surface area contributed by atoms with Gasteiger partial charge in [0.05, 0.1) is 11.5 Å². The van der Waals surface area contributed by atoms with Gasteiger partial charge in [-0.05, 0) is 55.2 Å². The second kappa shape index (κ2) is 11.4. The van der Waals surface area contributed by atoms with Gasteiger partial charge in [-0.1, -0.05) is 17.7 Å². The standard InChI is InChI=1S/C24H31ClN4O3S/c25-20-7-8-24-23(16-20)19(18-27-24)4-2-9-28-33(30,31)22-6-1-5-21(17-22)32-15-3-12-29-13-10-26-11-14-29/h1,5-8,16-18,26-28H,2-4,9-15H2. The summed E-state index contributed by atoms with van der Waals surface area (Å²) in [5.74, 6) is 0.578. The number of H-pyrrole nitrogens is 1. The predicted octanol–water partition coefficient (Wildman–Crippen LogP) is 3.41. The SMILES string of the molecule is O=S(=O)(NCCCc1c[nH]c2ccc(Cl)cc12)c1cccc(OCCCN2CCNCC2)c1. The fraction of sp³-hybridized carbons (Fsp3) is 0.417. The van der Waals surface area contributed by atoms with Gasteiger partial charge in [0, 0.05) is 67.5 Å². The maximum absolute atomic E-state index is 12.7. The molecule has 0 amide bonds. The van der Waals surface area contributed by atoms with Gasteiger partial charge in [-0.2, -0.15) is 0 Å². The van der Waals surface area contributed by atoms with Gasteiger partial charge in [0.15, 0.2) is 0 Å². The summed E-state index contributed by atoms with van der Waals surface area (Å²) in [4.78, 5) is 5.86. The van der Waals surface area contributed by atoms with E-state index in [9.17, 15) is 8.42 Å². The molecular formula is C24H31ClN4O3S. The molecule has 2 heterocycles. The molecule has 2 aromatic carbocycles. The molecule has 0 atom stereocenters. The molecule has 3 N–H and O–H groups in total. The van der Waals surface area contributed by atoms with E-state index >= 15 is 0 Å². The number of rotatable bonds is 11. The van der Waals surface area contributed by atoms with Crippen molar-refractivity contribution in [2.24, 2.45) is 0 Å². The lowest BCUT2D eigenvalue weighted by atomic mass is 10.1. The molecule has 4 rings (SSSR count). The third-order valence-electron chi connectivity index (χ3n) is 5.86. The van der Waals surface area contributed by atoms with Crippen molar-refractivity contribution >= 4 is 32.5 Å². The van der Waals surface area contributed by atoms with Gasteiger partial charge in [-0.15, -0.1) is 0 Å². The molecule has 3 aromatic rings. The highest BCUT2D eigenvalue weighted by Crippen LogP contribution is 2.23. The Morgan fingerprint density at radius 2 is 1.94 bits per heavy atom. The number of ether oxygens (including phenoxy) is 1. The minimum absolute atomic E-state index is 0.223. The summed E-state index contributed by atoms with van der Waals surface area (Å²) in [6.45, 7) is 6.10. The lowest BCUT2D eigenvalue weighted by Gasteiger charge is -2.26. The van der Waals surface area contributed by atoms with Gasteiger partial charge in [-0.3, -0.25) is 0 Å². The van der Waals surface area contributed by atoms with Gasteiger partial charge in [0.2, 0.25) is 10.0 Å². The third kappa shape index (κ3) is 6.71. The van der Waals surface area contributed by atoms with Crippen LogP contribution >= 0.6 is 11.6 Å². The van der Waals surface area contributed by atoms with Gasteiger partial charge in [0.1, 0.15) is 5.75 Å². The largest absolute Gasteiger partial charge is 0.494 e. The van der Waals surface area contributed by atoms with Crippen LogP contribution in [0.2, 0.25) is 5.02 Å². The molecule has 1 aliphatic heterocycles. The highest BCUT2D eigenvalue weighted by atomic mass is 35.5. The number of aromatic nitrogens is 1. The van der Waals surface area contributed by atoms with E-state index in [2.05, 4.69) is 19.9 Å². The Bertz CT molecular complexity index is 1160. The van der Waals surface area contributed by atoms with Crippen LogP contribution in [-0.4, -0.2) is 64.2 Å². The van der Waals surface area contributed by atoms with E-state index in [1.165, 1.54) is 0 Å². The molecule has 7 nitrogen and oxygen atoms in total. The number of hydrogen-bond donors (Lipinski definition) is 3. The monoisotopic (exact) mass is 490 g/mol. The molecule has 33 heavy (non-hydrogen) atoms. The second-order valence-corrected chi connectivity index (χ2v) is 10.5. The number of aromatic amines is 1. The Morgan fingerprint density at radius 1 is 1.09 bits per heavy atom. The van der Waals surface area contributed by atoms with Crippen molar-refractivity contribution in [1.82, 2.24) is 19.9 Å². The number of benzene rings is 2. The van der Waals surface area contributed by atoms with Crippen LogP contribution in [0.5, 0.6) is 5.75 Å².